The minimum absolute atomic E-state index is 0.0682. The van der Waals surface area contributed by atoms with E-state index in [2.05, 4.69) is 25.8 Å². The Balaban J connectivity index is 1.46. The molecule has 1 aliphatic carbocycles. The van der Waals surface area contributed by atoms with Gasteiger partial charge in [0.15, 0.2) is 0 Å². The average molecular weight is 391 g/mol. The highest BCUT2D eigenvalue weighted by atomic mass is 16.5. The number of morpholine rings is 1. The predicted molar refractivity (Wildman–Crippen MR) is 104 cm³/mol. The van der Waals surface area contributed by atoms with Crippen molar-refractivity contribution in [3.63, 3.8) is 0 Å². The Hall–Kier alpha value is -2.23. The van der Waals surface area contributed by atoms with Crippen molar-refractivity contribution in [2.45, 2.75) is 25.0 Å². The first kappa shape index (κ1) is 20.5. The molecule has 0 bridgehead atoms. The molecule has 28 heavy (non-hydrogen) atoms. The highest BCUT2D eigenvalue weighted by Crippen LogP contribution is 2.27. The number of anilines is 1. The number of carbonyl (C=O) groups excluding carboxylic acids is 2. The Morgan fingerprint density at radius 1 is 1.32 bits per heavy atom. The van der Waals surface area contributed by atoms with Gasteiger partial charge in [-0.05, 0) is 25.0 Å². The van der Waals surface area contributed by atoms with Gasteiger partial charge in [-0.3, -0.25) is 14.5 Å². The molecule has 2 aliphatic rings. The Morgan fingerprint density at radius 2 is 2.11 bits per heavy atom. The van der Waals surface area contributed by atoms with Crippen LogP contribution in [0.3, 0.4) is 0 Å². The number of rotatable bonds is 7. The number of aromatic nitrogens is 1. The van der Waals surface area contributed by atoms with Gasteiger partial charge in [0.2, 0.25) is 5.91 Å². The summed E-state index contributed by atoms with van der Waals surface area (Å²) < 4.78 is 5.31. The van der Waals surface area contributed by atoms with Crippen LogP contribution in [0.25, 0.3) is 0 Å². The molecule has 1 saturated carbocycles. The van der Waals surface area contributed by atoms with Crippen molar-refractivity contribution in [1.29, 1.82) is 0 Å². The summed E-state index contributed by atoms with van der Waals surface area (Å²) in [6.07, 6.45) is 1.63. The summed E-state index contributed by atoms with van der Waals surface area (Å²) in [5.74, 6) is -0.205. The Labute approximate surface area is 164 Å². The molecule has 1 saturated heterocycles. The number of pyridine rings is 1. The van der Waals surface area contributed by atoms with Gasteiger partial charge in [-0.25, -0.2) is 4.98 Å². The minimum Gasteiger partial charge on any atom is -0.391 e. The number of carbonyl (C=O) groups is 2. The SMILES string of the molecule is CNc1ncccc1C(=O)N[C@H]1C[C@H](C(=O)NCCN2CCOCC2)C[C@@H]1O. The smallest absolute Gasteiger partial charge is 0.255 e. The van der Waals surface area contributed by atoms with Gasteiger partial charge in [0, 0.05) is 45.3 Å². The van der Waals surface area contributed by atoms with Gasteiger partial charge in [-0.2, -0.15) is 0 Å². The maximum absolute atomic E-state index is 12.5. The lowest BCUT2D eigenvalue weighted by molar-refractivity contribution is -0.125. The molecule has 3 atom stereocenters. The van der Waals surface area contributed by atoms with Gasteiger partial charge < -0.3 is 25.8 Å². The molecule has 2 amide bonds. The number of nitrogens with zero attached hydrogens (tertiary/aromatic N) is 2. The fourth-order valence-corrected chi connectivity index (χ4v) is 3.73. The van der Waals surface area contributed by atoms with Crippen LogP contribution in [0.1, 0.15) is 23.2 Å². The summed E-state index contributed by atoms with van der Waals surface area (Å²) in [6, 6.07) is 2.91. The Kier molecular flexibility index (Phi) is 7.18. The molecule has 2 fully saturated rings. The van der Waals surface area contributed by atoms with Crippen LogP contribution < -0.4 is 16.0 Å². The first-order chi connectivity index (χ1) is 13.6. The zero-order valence-electron chi connectivity index (χ0n) is 16.2. The number of hydrogen-bond donors (Lipinski definition) is 4. The van der Waals surface area contributed by atoms with Crippen LogP contribution in [0.15, 0.2) is 18.3 Å². The molecule has 0 unspecified atom stereocenters. The summed E-state index contributed by atoms with van der Waals surface area (Å²) in [6.45, 7) is 4.60. The Bertz CT molecular complexity index is 680. The van der Waals surface area contributed by atoms with Crippen molar-refractivity contribution >= 4 is 17.6 Å². The number of hydrogen-bond acceptors (Lipinski definition) is 7. The molecule has 2 heterocycles. The van der Waals surface area contributed by atoms with E-state index in [0.717, 1.165) is 32.8 Å². The van der Waals surface area contributed by atoms with Crippen molar-refractivity contribution in [2.75, 3.05) is 51.8 Å². The number of amides is 2. The highest BCUT2D eigenvalue weighted by molar-refractivity contribution is 5.98. The van der Waals surface area contributed by atoms with Crippen LogP contribution in [0.5, 0.6) is 0 Å². The molecule has 1 aliphatic heterocycles. The van der Waals surface area contributed by atoms with Gasteiger partial charge in [0.25, 0.3) is 5.91 Å². The quantitative estimate of drug-likeness (QED) is 0.492. The lowest BCUT2D eigenvalue weighted by atomic mass is 10.1. The number of nitrogens with one attached hydrogen (secondary N) is 3. The van der Waals surface area contributed by atoms with Gasteiger partial charge in [0.05, 0.1) is 30.9 Å². The Morgan fingerprint density at radius 3 is 2.86 bits per heavy atom. The second-order valence-electron chi connectivity index (χ2n) is 7.21. The van der Waals surface area contributed by atoms with E-state index in [0.29, 0.717) is 30.8 Å². The summed E-state index contributed by atoms with van der Waals surface area (Å²) in [4.78, 5) is 31.3. The van der Waals surface area contributed by atoms with E-state index in [1.54, 1.807) is 25.4 Å². The lowest BCUT2D eigenvalue weighted by Crippen LogP contribution is -2.42. The molecular weight excluding hydrogens is 362 g/mol. The largest absolute Gasteiger partial charge is 0.391 e. The van der Waals surface area contributed by atoms with E-state index in [9.17, 15) is 14.7 Å². The van der Waals surface area contributed by atoms with Gasteiger partial charge in [-0.1, -0.05) is 0 Å². The zero-order chi connectivity index (χ0) is 19.9. The number of aliphatic hydroxyl groups excluding tert-OH is 1. The van der Waals surface area contributed by atoms with Crippen molar-refractivity contribution in [2.24, 2.45) is 5.92 Å². The van der Waals surface area contributed by atoms with Crippen molar-refractivity contribution in [1.82, 2.24) is 20.5 Å². The average Bonchev–Trinajstić information content (AvgIpc) is 3.09. The molecule has 3 rings (SSSR count). The van der Waals surface area contributed by atoms with Crippen molar-refractivity contribution in [3.05, 3.63) is 23.9 Å². The molecular formula is C19H29N5O4. The predicted octanol–water partition coefficient (Wildman–Crippen LogP) is -0.559. The highest BCUT2D eigenvalue weighted by Gasteiger charge is 2.38. The van der Waals surface area contributed by atoms with Crippen LogP contribution >= 0.6 is 0 Å². The zero-order valence-corrected chi connectivity index (χ0v) is 16.2. The molecule has 9 nitrogen and oxygen atoms in total. The topological polar surface area (TPSA) is 116 Å². The van der Waals surface area contributed by atoms with E-state index in [-0.39, 0.29) is 17.7 Å². The summed E-state index contributed by atoms with van der Waals surface area (Å²) in [7, 11) is 1.70. The molecule has 0 radical (unpaired) electrons. The maximum atomic E-state index is 12.5. The van der Waals surface area contributed by atoms with Gasteiger partial charge in [-0.15, -0.1) is 0 Å². The van der Waals surface area contributed by atoms with Crippen LogP contribution in [0, 0.1) is 5.92 Å². The van der Waals surface area contributed by atoms with Crippen molar-refractivity contribution < 1.29 is 19.4 Å². The van der Waals surface area contributed by atoms with Crippen LogP contribution in [0.2, 0.25) is 0 Å². The monoisotopic (exact) mass is 391 g/mol. The molecule has 4 N–H and O–H groups in total. The van der Waals surface area contributed by atoms with E-state index in [4.69, 9.17) is 4.74 Å². The van der Waals surface area contributed by atoms with Crippen LogP contribution in [0.4, 0.5) is 5.82 Å². The molecule has 0 aromatic carbocycles. The standard InChI is InChI=1S/C19H29N5O4/c1-20-17-14(3-2-4-21-17)19(27)23-15-11-13(12-16(15)25)18(26)22-5-6-24-7-9-28-10-8-24/h2-4,13,15-16,25H,5-12H2,1H3,(H,20,21)(H,22,26)(H,23,27)/t13-,15-,16-/m0/s1. The van der Waals surface area contributed by atoms with E-state index >= 15 is 0 Å². The number of ether oxygens (including phenoxy) is 1. The first-order valence-electron chi connectivity index (χ1n) is 9.78. The third kappa shape index (κ3) is 5.18. The second-order valence-corrected chi connectivity index (χ2v) is 7.21. The third-order valence-corrected chi connectivity index (χ3v) is 5.34. The summed E-state index contributed by atoms with van der Waals surface area (Å²) in [5.41, 5.74) is 0.413. The molecule has 154 valence electrons. The number of aliphatic hydroxyl groups is 1. The van der Waals surface area contributed by atoms with Crippen LogP contribution in [-0.4, -0.2) is 85.4 Å². The molecule has 9 heteroatoms. The lowest BCUT2D eigenvalue weighted by Gasteiger charge is -2.26. The maximum Gasteiger partial charge on any atom is 0.255 e. The van der Waals surface area contributed by atoms with Gasteiger partial charge >= 0.3 is 0 Å². The molecule has 1 aromatic rings. The summed E-state index contributed by atoms with van der Waals surface area (Å²) in [5, 5.41) is 19.0. The van der Waals surface area contributed by atoms with Gasteiger partial charge in [0.1, 0.15) is 5.82 Å². The van der Waals surface area contributed by atoms with E-state index in [1.807, 2.05) is 0 Å². The fraction of sp³-hybridized carbons (Fsp3) is 0.632. The fourth-order valence-electron chi connectivity index (χ4n) is 3.73. The van der Waals surface area contributed by atoms with E-state index < -0.39 is 12.1 Å². The minimum atomic E-state index is -0.742. The van der Waals surface area contributed by atoms with Crippen LogP contribution in [-0.2, 0) is 9.53 Å². The van der Waals surface area contributed by atoms with Crippen molar-refractivity contribution in [3.8, 4) is 0 Å². The summed E-state index contributed by atoms with van der Waals surface area (Å²) >= 11 is 0. The van der Waals surface area contributed by atoms with E-state index in [1.165, 1.54) is 0 Å². The molecule has 1 aromatic heterocycles. The first-order valence-corrected chi connectivity index (χ1v) is 9.78. The normalized spacial score (nSPS) is 25.3. The molecule has 0 spiro atoms. The second kappa shape index (κ2) is 9.81. The third-order valence-electron chi connectivity index (χ3n) is 5.34.